The van der Waals surface area contributed by atoms with Gasteiger partial charge >= 0.3 is 0 Å². The number of benzene rings is 1. The smallest absolute Gasteiger partial charge is 0.279 e. The van der Waals surface area contributed by atoms with Gasteiger partial charge in [0.15, 0.2) is 11.5 Å². The van der Waals surface area contributed by atoms with Gasteiger partial charge in [-0.25, -0.2) is 4.98 Å². The molecule has 1 atom stereocenters. The van der Waals surface area contributed by atoms with E-state index in [0.717, 1.165) is 11.3 Å². The molecular formula is C24H23ClN6O2. The minimum Gasteiger partial charge on any atom is -0.321 e. The molecule has 0 fully saturated rings. The fourth-order valence-electron chi connectivity index (χ4n) is 4.40. The fourth-order valence-corrected chi connectivity index (χ4v) is 4.52. The largest absolute Gasteiger partial charge is 0.321 e. The normalized spacial score (nSPS) is 15.5. The third kappa shape index (κ3) is 3.38. The van der Waals surface area contributed by atoms with Crippen LogP contribution in [0.2, 0.25) is 5.02 Å². The Labute approximate surface area is 195 Å². The molecule has 1 aliphatic heterocycles. The first kappa shape index (κ1) is 21.2. The van der Waals surface area contributed by atoms with Gasteiger partial charge in [-0.05, 0) is 43.7 Å². The van der Waals surface area contributed by atoms with E-state index in [0.29, 0.717) is 27.9 Å². The summed E-state index contributed by atoms with van der Waals surface area (Å²) in [6, 6.07) is 12.1. The number of nitrogens with zero attached hydrogens (tertiary/aromatic N) is 6. The number of fused-ring (bicyclic) bond motifs is 1. The van der Waals surface area contributed by atoms with Crippen LogP contribution in [0.5, 0.6) is 0 Å². The molecule has 1 amide bonds. The Morgan fingerprint density at radius 1 is 1.00 bits per heavy atom. The Bertz CT molecular complexity index is 1430. The lowest BCUT2D eigenvalue weighted by molar-refractivity contribution is 0.0989. The number of hydrogen-bond acceptors (Lipinski definition) is 4. The van der Waals surface area contributed by atoms with Crippen molar-refractivity contribution in [3.8, 4) is 11.5 Å². The molecule has 0 saturated heterocycles. The number of anilines is 1. The van der Waals surface area contributed by atoms with Crippen LogP contribution >= 0.6 is 11.6 Å². The molecular weight excluding hydrogens is 440 g/mol. The average Bonchev–Trinajstić information content (AvgIpc) is 3.44. The second-order valence-corrected chi connectivity index (χ2v) is 8.91. The zero-order valence-corrected chi connectivity index (χ0v) is 19.5. The molecule has 1 aliphatic rings. The Morgan fingerprint density at radius 3 is 2.33 bits per heavy atom. The predicted molar refractivity (Wildman–Crippen MR) is 127 cm³/mol. The Morgan fingerprint density at radius 2 is 1.73 bits per heavy atom. The lowest BCUT2D eigenvalue weighted by Gasteiger charge is -2.28. The summed E-state index contributed by atoms with van der Waals surface area (Å²) in [5.41, 5.74) is 3.26. The van der Waals surface area contributed by atoms with E-state index in [2.05, 4.69) is 23.5 Å². The summed E-state index contributed by atoms with van der Waals surface area (Å²) < 4.78 is 5.26. The molecule has 0 bridgehead atoms. The Balaban J connectivity index is 1.77. The Kier molecular flexibility index (Phi) is 4.97. The fraction of sp³-hybridized carbons (Fsp3) is 0.250. The number of carbonyl (C=O) groups is 1. The van der Waals surface area contributed by atoms with Crippen LogP contribution in [0, 0.1) is 0 Å². The number of aryl methyl sites for hydroxylation is 2. The summed E-state index contributed by atoms with van der Waals surface area (Å²) in [4.78, 5) is 32.3. The van der Waals surface area contributed by atoms with Crippen molar-refractivity contribution >= 4 is 23.2 Å². The topological polar surface area (TPSA) is 78.0 Å². The monoisotopic (exact) mass is 462 g/mol. The Hall–Kier alpha value is -3.65. The molecule has 3 aromatic heterocycles. The minimum absolute atomic E-state index is 0.0286. The lowest BCUT2D eigenvalue weighted by atomic mass is 10.0. The third-order valence-electron chi connectivity index (χ3n) is 5.88. The third-order valence-corrected chi connectivity index (χ3v) is 6.13. The van der Waals surface area contributed by atoms with Gasteiger partial charge in [-0.2, -0.15) is 5.10 Å². The maximum atomic E-state index is 13.8. The number of hydrogen-bond donors (Lipinski definition) is 0. The molecule has 4 aromatic rings. The molecule has 0 aliphatic carbocycles. The van der Waals surface area contributed by atoms with Crippen LogP contribution in [-0.4, -0.2) is 29.8 Å². The van der Waals surface area contributed by atoms with Crippen LogP contribution in [0.15, 0.2) is 59.7 Å². The highest BCUT2D eigenvalue weighted by Gasteiger charge is 2.45. The number of rotatable bonds is 4. The van der Waals surface area contributed by atoms with Crippen LogP contribution in [0.4, 0.5) is 5.69 Å². The first-order valence-corrected chi connectivity index (χ1v) is 11.0. The predicted octanol–water partition coefficient (Wildman–Crippen LogP) is 3.97. The molecule has 1 unspecified atom stereocenters. The lowest BCUT2D eigenvalue weighted by Crippen LogP contribution is -2.31. The zero-order valence-electron chi connectivity index (χ0n) is 18.7. The molecule has 0 N–H and O–H groups in total. The summed E-state index contributed by atoms with van der Waals surface area (Å²) in [6.07, 6.45) is 3.53. The quantitative estimate of drug-likeness (QED) is 0.460. The van der Waals surface area contributed by atoms with E-state index in [9.17, 15) is 9.59 Å². The number of amides is 1. The highest BCUT2D eigenvalue weighted by molar-refractivity contribution is 6.30. The molecule has 0 radical (unpaired) electrons. The van der Waals surface area contributed by atoms with Gasteiger partial charge < -0.3 is 9.13 Å². The van der Waals surface area contributed by atoms with E-state index < -0.39 is 6.04 Å². The molecule has 8 nitrogen and oxygen atoms in total. The summed E-state index contributed by atoms with van der Waals surface area (Å²) in [5, 5.41) is 5.14. The van der Waals surface area contributed by atoms with Gasteiger partial charge in [-0.3, -0.25) is 19.2 Å². The van der Waals surface area contributed by atoms with Gasteiger partial charge in [0, 0.05) is 43.6 Å². The van der Waals surface area contributed by atoms with Crippen LogP contribution in [-0.2, 0) is 14.1 Å². The van der Waals surface area contributed by atoms with E-state index in [1.165, 1.54) is 10.6 Å². The first-order chi connectivity index (χ1) is 15.8. The van der Waals surface area contributed by atoms with Crippen LogP contribution in [0.25, 0.3) is 11.5 Å². The molecule has 0 saturated carbocycles. The second-order valence-electron chi connectivity index (χ2n) is 8.47. The van der Waals surface area contributed by atoms with E-state index in [1.54, 1.807) is 28.9 Å². The molecule has 168 valence electrons. The number of halogens is 1. The highest BCUT2D eigenvalue weighted by Crippen LogP contribution is 2.44. The number of imidazole rings is 1. The summed E-state index contributed by atoms with van der Waals surface area (Å²) in [6.45, 7) is 4.12. The number of pyridine rings is 1. The molecule has 1 aromatic carbocycles. The van der Waals surface area contributed by atoms with Gasteiger partial charge in [0.05, 0.1) is 11.4 Å². The van der Waals surface area contributed by atoms with Crippen molar-refractivity contribution in [2.45, 2.75) is 25.9 Å². The molecule has 5 rings (SSSR count). The molecule has 4 heterocycles. The molecule has 9 heteroatoms. The van der Waals surface area contributed by atoms with Crippen molar-refractivity contribution < 1.29 is 4.79 Å². The first-order valence-electron chi connectivity index (χ1n) is 10.6. The van der Waals surface area contributed by atoms with E-state index in [4.69, 9.17) is 16.6 Å². The van der Waals surface area contributed by atoms with Crippen molar-refractivity contribution in [1.29, 1.82) is 0 Å². The van der Waals surface area contributed by atoms with Crippen molar-refractivity contribution in [1.82, 2.24) is 23.9 Å². The number of carbonyl (C=O) groups excluding carboxylic acids is 1. The van der Waals surface area contributed by atoms with Crippen molar-refractivity contribution in [3.63, 3.8) is 0 Å². The zero-order chi connectivity index (χ0) is 23.4. The van der Waals surface area contributed by atoms with Gasteiger partial charge in [0.25, 0.3) is 5.91 Å². The van der Waals surface area contributed by atoms with Crippen LogP contribution in [0.1, 0.15) is 47.7 Å². The number of aromatic nitrogens is 5. The van der Waals surface area contributed by atoms with Crippen molar-refractivity contribution in [2.75, 3.05) is 4.90 Å². The maximum Gasteiger partial charge on any atom is 0.279 e. The van der Waals surface area contributed by atoms with E-state index >= 15 is 0 Å². The maximum absolute atomic E-state index is 13.8. The summed E-state index contributed by atoms with van der Waals surface area (Å²) in [7, 11) is 3.52. The van der Waals surface area contributed by atoms with Crippen molar-refractivity contribution in [3.05, 3.63) is 87.2 Å². The minimum atomic E-state index is -0.436. The standard InChI is InChI=1S/C24H23ClN6O2/c1-14(2)30-22-20(26-23(30)18-11-12-29(4)27-18)24(33)31(17-9-10-19(32)28(3)13-17)21(22)15-5-7-16(25)8-6-15/h5-14,21H,1-4H3. The van der Waals surface area contributed by atoms with E-state index in [-0.39, 0.29) is 17.5 Å². The highest BCUT2D eigenvalue weighted by atomic mass is 35.5. The average molecular weight is 463 g/mol. The van der Waals surface area contributed by atoms with Gasteiger partial charge in [-0.1, -0.05) is 23.7 Å². The molecule has 0 spiro atoms. The van der Waals surface area contributed by atoms with Gasteiger partial charge in [0.1, 0.15) is 11.7 Å². The van der Waals surface area contributed by atoms with Crippen LogP contribution in [0.3, 0.4) is 0 Å². The van der Waals surface area contributed by atoms with Gasteiger partial charge in [0.2, 0.25) is 5.56 Å². The van der Waals surface area contributed by atoms with Gasteiger partial charge in [-0.15, -0.1) is 0 Å². The molecule has 33 heavy (non-hydrogen) atoms. The summed E-state index contributed by atoms with van der Waals surface area (Å²) >= 11 is 6.16. The summed E-state index contributed by atoms with van der Waals surface area (Å²) in [5.74, 6) is 0.434. The van der Waals surface area contributed by atoms with Crippen molar-refractivity contribution in [2.24, 2.45) is 14.1 Å². The van der Waals surface area contributed by atoms with E-state index in [1.807, 2.05) is 43.6 Å². The second kappa shape index (κ2) is 7.74. The van der Waals surface area contributed by atoms with Crippen LogP contribution < -0.4 is 10.5 Å². The SMILES string of the molecule is CC(C)n1c(-c2ccn(C)n2)nc2c1C(c1ccc(Cl)cc1)N(c1ccc(=O)n(C)c1)C2=O.